The molecule has 5 nitrogen and oxygen atoms in total. The van der Waals surface area contributed by atoms with Crippen molar-refractivity contribution >= 4 is 5.91 Å². The second-order valence-electron chi connectivity index (χ2n) is 3.83. The van der Waals surface area contributed by atoms with Gasteiger partial charge in [0.2, 0.25) is 5.91 Å². The molecule has 0 saturated heterocycles. The van der Waals surface area contributed by atoms with Gasteiger partial charge in [-0.3, -0.25) is 9.48 Å². The number of nitrogens with two attached hydrogens (primary N) is 1. The number of amides is 1. The van der Waals surface area contributed by atoms with Crippen LogP contribution in [0.3, 0.4) is 0 Å². The van der Waals surface area contributed by atoms with E-state index in [-0.39, 0.29) is 5.91 Å². The topological polar surface area (TPSA) is 72.9 Å². The molecule has 15 heavy (non-hydrogen) atoms. The van der Waals surface area contributed by atoms with Crippen LogP contribution < -0.4 is 11.1 Å². The van der Waals surface area contributed by atoms with E-state index in [1.54, 1.807) is 17.8 Å². The van der Waals surface area contributed by atoms with Crippen LogP contribution in [0.25, 0.3) is 0 Å². The lowest BCUT2D eigenvalue weighted by atomic mass is 10.0. The van der Waals surface area contributed by atoms with E-state index in [9.17, 15) is 4.79 Å². The zero-order valence-electron chi connectivity index (χ0n) is 9.23. The zero-order valence-corrected chi connectivity index (χ0v) is 9.23. The summed E-state index contributed by atoms with van der Waals surface area (Å²) in [5.41, 5.74) is 4.65. The van der Waals surface area contributed by atoms with E-state index in [0.717, 1.165) is 13.0 Å². The molecule has 0 radical (unpaired) electrons. The van der Waals surface area contributed by atoms with E-state index in [1.807, 2.05) is 19.2 Å². The molecule has 3 N–H and O–H groups in total. The maximum Gasteiger partial charge on any atom is 0.239 e. The van der Waals surface area contributed by atoms with Crippen molar-refractivity contribution in [2.24, 2.45) is 5.73 Å². The number of hydrogen-bond acceptors (Lipinski definition) is 3. The quantitative estimate of drug-likeness (QED) is 0.700. The average molecular weight is 210 g/mol. The molecule has 0 aliphatic heterocycles. The predicted molar refractivity (Wildman–Crippen MR) is 58.1 cm³/mol. The molecule has 0 aliphatic carbocycles. The maximum atomic E-state index is 11.4. The Kier molecular flexibility index (Phi) is 3.85. The third kappa shape index (κ3) is 3.06. The van der Waals surface area contributed by atoms with Gasteiger partial charge in [-0.25, -0.2) is 0 Å². The second-order valence-corrected chi connectivity index (χ2v) is 3.83. The molecule has 0 aliphatic rings. The molecule has 1 aromatic rings. The van der Waals surface area contributed by atoms with Crippen molar-refractivity contribution in [3.05, 3.63) is 18.5 Å². The van der Waals surface area contributed by atoms with Crippen molar-refractivity contribution in [1.82, 2.24) is 15.1 Å². The van der Waals surface area contributed by atoms with E-state index >= 15 is 0 Å². The normalized spacial score (nSPS) is 14.8. The van der Waals surface area contributed by atoms with Crippen molar-refractivity contribution in [3.8, 4) is 0 Å². The van der Waals surface area contributed by atoms with Crippen molar-refractivity contribution in [3.63, 3.8) is 0 Å². The summed E-state index contributed by atoms with van der Waals surface area (Å²) in [6, 6.07) is 1.82. The Morgan fingerprint density at radius 1 is 1.67 bits per heavy atom. The highest BCUT2D eigenvalue weighted by Crippen LogP contribution is 2.06. The SMILES string of the molecule is CCCNC(C)(Cn1cccn1)C(N)=O. The summed E-state index contributed by atoms with van der Waals surface area (Å²) in [7, 11) is 0. The van der Waals surface area contributed by atoms with Crippen LogP contribution in [0.2, 0.25) is 0 Å². The minimum atomic E-state index is -0.734. The van der Waals surface area contributed by atoms with Crippen LogP contribution in [0, 0.1) is 0 Å². The lowest BCUT2D eigenvalue weighted by molar-refractivity contribution is -0.124. The number of rotatable bonds is 6. The fraction of sp³-hybridized carbons (Fsp3) is 0.600. The molecular formula is C10H18N4O. The molecule has 5 heteroatoms. The minimum Gasteiger partial charge on any atom is -0.368 e. The first-order valence-corrected chi connectivity index (χ1v) is 5.11. The molecule has 1 amide bonds. The van der Waals surface area contributed by atoms with Gasteiger partial charge < -0.3 is 11.1 Å². The molecule has 0 saturated carbocycles. The summed E-state index contributed by atoms with van der Waals surface area (Å²) in [5, 5.41) is 7.21. The van der Waals surface area contributed by atoms with Crippen molar-refractivity contribution in [2.75, 3.05) is 6.54 Å². The molecule has 1 atom stereocenters. The highest BCUT2D eigenvalue weighted by molar-refractivity contribution is 5.84. The number of aromatic nitrogens is 2. The Morgan fingerprint density at radius 2 is 2.40 bits per heavy atom. The first kappa shape index (κ1) is 11.7. The lowest BCUT2D eigenvalue weighted by Gasteiger charge is -2.27. The minimum absolute atomic E-state index is 0.355. The summed E-state index contributed by atoms with van der Waals surface area (Å²) in [4.78, 5) is 11.4. The van der Waals surface area contributed by atoms with Gasteiger partial charge in [0.05, 0.1) is 6.54 Å². The Morgan fingerprint density at radius 3 is 2.87 bits per heavy atom. The lowest BCUT2D eigenvalue weighted by Crippen LogP contribution is -2.56. The van der Waals surface area contributed by atoms with Gasteiger partial charge in [-0.15, -0.1) is 0 Å². The second kappa shape index (κ2) is 4.93. The third-order valence-electron chi connectivity index (χ3n) is 2.35. The Labute approximate surface area is 89.6 Å². The van der Waals surface area contributed by atoms with Gasteiger partial charge in [-0.05, 0) is 26.0 Å². The number of carbonyl (C=O) groups excluding carboxylic acids is 1. The van der Waals surface area contributed by atoms with Crippen LogP contribution in [0.4, 0.5) is 0 Å². The molecule has 0 fully saturated rings. The summed E-state index contributed by atoms with van der Waals surface area (Å²) < 4.78 is 1.70. The monoisotopic (exact) mass is 210 g/mol. The number of nitrogens with zero attached hydrogens (tertiary/aromatic N) is 2. The van der Waals surface area contributed by atoms with E-state index in [1.165, 1.54) is 0 Å². The predicted octanol–water partition coefficient (Wildman–Crippen LogP) is 0.127. The van der Waals surface area contributed by atoms with Crippen LogP contribution in [-0.2, 0) is 11.3 Å². The van der Waals surface area contributed by atoms with Gasteiger partial charge in [-0.1, -0.05) is 6.92 Å². The summed E-state index contributed by atoms with van der Waals surface area (Å²) in [6.45, 7) is 5.06. The Bertz CT molecular complexity index is 309. The number of carbonyl (C=O) groups is 1. The van der Waals surface area contributed by atoms with Crippen LogP contribution in [0.15, 0.2) is 18.5 Å². The van der Waals surface area contributed by atoms with Gasteiger partial charge in [0.25, 0.3) is 0 Å². The van der Waals surface area contributed by atoms with E-state index < -0.39 is 5.54 Å². The molecule has 0 bridgehead atoms. The van der Waals surface area contributed by atoms with E-state index in [0.29, 0.717) is 6.54 Å². The largest absolute Gasteiger partial charge is 0.368 e. The van der Waals surface area contributed by atoms with Gasteiger partial charge in [-0.2, -0.15) is 5.10 Å². The molecule has 1 unspecified atom stereocenters. The highest BCUT2D eigenvalue weighted by atomic mass is 16.1. The molecule has 1 aromatic heterocycles. The van der Waals surface area contributed by atoms with Crippen LogP contribution in [-0.4, -0.2) is 27.8 Å². The smallest absolute Gasteiger partial charge is 0.239 e. The number of primary amides is 1. The first-order valence-electron chi connectivity index (χ1n) is 5.11. The number of nitrogens with one attached hydrogen (secondary N) is 1. The third-order valence-corrected chi connectivity index (χ3v) is 2.35. The fourth-order valence-corrected chi connectivity index (χ4v) is 1.34. The van der Waals surface area contributed by atoms with Crippen molar-refractivity contribution < 1.29 is 4.79 Å². The van der Waals surface area contributed by atoms with Crippen molar-refractivity contribution in [1.29, 1.82) is 0 Å². The summed E-state index contributed by atoms with van der Waals surface area (Å²) in [5.74, 6) is -0.355. The summed E-state index contributed by atoms with van der Waals surface area (Å²) >= 11 is 0. The maximum absolute atomic E-state index is 11.4. The summed E-state index contributed by atoms with van der Waals surface area (Å²) in [6.07, 6.45) is 4.46. The zero-order chi connectivity index (χ0) is 11.3. The van der Waals surface area contributed by atoms with Gasteiger partial charge in [0.1, 0.15) is 5.54 Å². The molecule has 0 spiro atoms. The van der Waals surface area contributed by atoms with E-state index in [4.69, 9.17) is 5.73 Å². The molecule has 0 aromatic carbocycles. The first-order chi connectivity index (χ1) is 7.08. The van der Waals surface area contributed by atoms with E-state index in [2.05, 4.69) is 10.4 Å². The standard InChI is InChI=1S/C10H18N4O/c1-3-5-12-10(2,9(11)15)8-14-7-4-6-13-14/h4,6-7,12H,3,5,8H2,1-2H3,(H2,11,15). The Balaban J connectivity index is 2.68. The number of hydrogen-bond donors (Lipinski definition) is 2. The Hall–Kier alpha value is -1.36. The molecule has 84 valence electrons. The van der Waals surface area contributed by atoms with Crippen molar-refractivity contribution in [2.45, 2.75) is 32.4 Å². The van der Waals surface area contributed by atoms with Gasteiger partial charge in [0, 0.05) is 12.4 Å². The van der Waals surface area contributed by atoms with Gasteiger partial charge in [0.15, 0.2) is 0 Å². The van der Waals surface area contributed by atoms with Crippen LogP contribution >= 0.6 is 0 Å². The van der Waals surface area contributed by atoms with Crippen LogP contribution in [0.1, 0.15) is 20.3 Å². The molecule has 1 rings (SSSR count). The fourth-order valence-electron chi connectivity index (χ4n) is 1.34. The molecular weight excluding hydrogens is 192 g/mol. The molecule has 1 heterocycles. The van der Waals surface area contributed by atoms with Gasteiger partial charge >= 0.3 is 0 Å². The average Bonchev–Trinajstić information content (AvgIpc) is 2.67. The van der Waals surface area contributed by atoms with Crippen LogP contribution in [0.5, 0.6) is 0 Å². The highest BCUT2D eigenvalue weighted by Gasteiger charge is 2.30.